The zero-order valence-electron chi connectivity index (χ0n) is 12.2. The van der Waals surface area contributed by atoms with Crippen molar-refractivity contribution in [1.82, 2.24) is 15.1 Å². The highest BCUT2D eigenvalue weighted by atomic mass is 32.2. The van der Waals surface area contributed by atoms with Crippen molar-refractivity contribution in [2.45, 2.75) is 26.3 Å². The maximum Gasteiger partial charge on any atom is 0.243 e. The summed E-state index contributed by atoms with van der Waals surface area (Å²) in [5.41, 5.74) is 8.39. The van der Waals surface area contributed by atoms with Crippen molar-refractivity contribution in [2.75, 3.05) is 12.0 Å². The molecule has 0 saturated heterocycles. The van der Waals surface area contributed by atoms with Crippen LogP contribution in [0, 0.1) is 13.8 Å². The Hall–Kier alpha value is -1.80. The molecule has 0 saturated carbocycles. The van der Waals surface area contributed by atoms with Crippen LogP contribution < -0.4 is 5.73 Å². The van der Waals surface area contributed by atoms with Gasteiger partial charge in [-0.25, -0.2) is 8.42 Å². The Morgan fingerprint density at radius 2 is 1.86 bits per heavy atom. The smallest absolute Gasteiger partial charge is 0.243 e. The summed E-state index contributed by atoms with van der Waals surface area (Å²) < 4.78 is 27.4. The highest BCUT2D eigenvalue weighted by Crippen LogP contribution is 2.20. The zero-order chi connectivity index (χ0) is 15.6. The van der Waals surface area contributed by atoms with Gasteiger partial charge in [-0.1, -0.05) is 5.16 Å². The quantitative estimate of drug-likeness (QED) is 0.882. The van der Waals surface area contributed by atoms with E-state index in [2.05, 4.69) is 15.1 Å². The summed E-state index contributed by atoms with van der Waals surface area (Å²) in [7, 11) is -3.06. The number of rotatable bonds is 5. The lowest BCUT2D eigenvalue weighted by Gasteiger charge is -2.04. The molecule has 0 amide bonds. The molecule has 0 aliphatic heterocycles. The Kier molecular flexibility index (Phi) is 4.38. The number of aryl methyl sites for hydroxylation is 2. The first kappa shape index (κ1) is 15.6. The summed E-state index contributed by atoms with van der Waals surface area (Å²) in [5, 5.41) is 3.89. The van der Waals surface area contributed by atoms with Gasteiger partial charge in [-0.15, -0.1) is 0 Å². The maximum absolute atomic E-state index is 11.1. The van der Waals surface area contributed by atoms with Crippen molar-refractivity contribution in [1.29, 1.82) is 0 Å². The van der Waals surface area contributed by atoms with Crippen LogP contribution in [0.4, 0.5) is 0 Å². The Balaban J connectivity index is 2.17. The summed E-state index contributed by atoms with van der Waals surface area (Å²) in [4.78, 5) is 8.52. The highest BCUT2D eigenvalue weighted by Gasteiger charge is 2.18. The number of sulfone groups is 1. The lowest BCUT2D eigenvalue weighted by atomic mass is 10.2. The fourth-order valence-electron chi connectivity index (χ4n) is 1.93. The van der Waals surface area contributed by atoms with Gasteiger partial charge in [0.1, 0.15) is 9.84 Å². The van der Waals surface area contributed by atoms with E-state index in [0.29, 0.717) is 5.82 Å². The molecular formula is C13H18N4O3S. The molecule has 1 unspecified atom stereocenters. The lowest BCUT2D eigenvalue weighted by molar-refractivity contribution is 0.352. The van der Waals surface area contributed by atoms with E-state index in [0.717, 1.165) is 17.0 Å². The van der Waals surface area contributed by atoms with Crippen LogP contribution in [0.1, 0.15) is 29.7 Å². The minimum absolute atomic E-state index is 0.0145. The summed E-state index contributed by atoms with van der Waals surface area (Å²) in [6.07, 6.45) is 1.41. The van der Waals surface area contributed by atoms with E-state index >= 15 is 0 Å². The lowest BCUT2D eigenvalue weighted by Crippen LogP contribution is -2.16. The second-order valence-electron chi connectivity index (χ2n) is 5.12. The molecule has 8 heteroatoms. The standard InChI is InChI=1S/C13H18N4O3S/c1-8-6-10(7-9(2)15-8)12-16-13(20-17-12)11(14)4-5-21(3,18)19/h6-7,11H,4-5,14H2,1-3H3. The normalized spacial score (nSPS) is 13.3. The largest absolute Gasteiger partial charge is 0.337 e. The fourth-order valence-corrected chi connectivity index (χ4v) is 2.61. The van der Waals surface area contributed by atoms with Gasteiger partial charge in [0.2, 0.25) is 11.7 Å². The molecule has 0 aromatic carbocycles. The summed E-state index contributed by atoms with van der Waals surface area (Å²) in [6, 6.07) is 3.11. The minimum Gasteiger partial charge on any atom is -0.337 e. The molecule has 0 fully saturated rings. The average molecular weight is 310 g/mol. The second-order valence-corrected chi connectivity index (χ2v) is 7.38. The van der Waals surface area contributed by atoms with E-state index in [1.165, 1.54) is 6.26 Å². The van der Waals surface area contributed by atoms with Crippen molar-refractivity contribution in [3.05, 3.63) is 29.4 Å². The molecule has 7 nitrogen and oxygen atoms in total. The SMILES string of the molecule is Cc1cc(-c2noc(C(N)CCS(C)(=O)=O)n2)cc(C)n1. The summed E-state index contributed by atoms with van der Waals surface area (Å²) >= 11 is 0. The maximum atomic E-state index is 11.1. The van der Waals surface area contributed by atoms with Gasteiger partial charge in [-0.05, 0) is 32.4 Å². The van der Waals surface area contributed by atoms with Crippen LogP contribution in [0.15, 0.2) is 16.7 Å². The van der Waals surface area contributed by atoms with Gasteiger partial charge in [0, 0.05) is 23.2 Å². The van der Waals surface area contributed by atoms with Gasteiger partial charge < -0.3 is 10.3 Å². The number of aromatic nitrogens is 3. The van der Waals surface area contributed by atoms with E-state index in [4.69, 9.17) is 10.3 Å². The number of nitrogens with zero attached hydrogens (tertiary/aromatic N) is 3. The molecule has 2 heterocycles. The van der Waals surface area contributed by atoms with Gasteiger partial charge in [0.25, 0.3) is 0 Å². The third-order valence-corrected chi connectivity index (χ3v) is 3.88. The van der Waals surface area contributed by atoms with Gasteiger partial charge in [0.05, 0.1) is 11.8 Å². The van der Waals surface area contributed by atoms with Crippen LogP contribution in [-0.2, 0) is 9.84 Å². The third-order valence-electron chi connectivity index (χ3n) is 2.90. The van der Waals surface area contributed by atoms with Crippen LogP contribution in [0.25, 0.3) is 11.4 Å². The van der Waals surface area contributed by atoms with Gasteiger partial charge in [0.15, 0.2) is 0 Å². The predicted molar refractivity (Wildman–Crippen MR) is 78.3 cm³/mol. The Morgan fingerprint density at radius 1 is 1.24 bits per heavy atom. The molecule has 2 rings (SSSR count). The molecule has 0 aliphatic carbocycles. The van der Waals surface area contributed by atoms with Crippen molar-refractivity contribution < 1.29 is 12.9 Å². The fraction of sp³-hybridized carbons (Fsp3) is 0.462. The second kappa shape index (κ2) is 5.90. The van der Waals surface area contributed by atoms with Crippen molar-refractivity contribution in [2.24, 2.45) is 5.73 Å². The van der Waals surface area contributed by atoms with Crippen molar-refractivity contribution in [3.63, 3.8) is 0 Å². The van der Waals surface area contributed by atoms with Gasteiger partial charge in [-0.2, -0.15) is 4.98 Å². The van der Waals surface area contributed by atoms with Crippen molar-refractivity contribution >= 4 is 9.84 Å². The first-order chi connectivity index (χ1) is 9.74. The molecular weight excluding hydrogens is 292 g/mol. The average Bonchev–Trinajstić information content (AvgIpc) is 2.83. The first-order valence-corrected chi connectivity index (χ1v) is 8.53. The highest BCUT2D eigenvalue weighted by molar-refractivity contribution is 7.90. The predicted octanol–water partition coefficient (Wildman–Crippen LogP) is 1.18. The Morgan fingerprint density at radius 3 is 2.43 bits per heavy atom. The molecule has 0 spiro atoms. The van der Waals surface area contributed by atoms with Crippen LogP contribution in [-0.4, -0.2) is 35.6 Å². The zero-order valence-corrected chi connectivity index (χ0v) is 13.0. The topological polar surface area (TPSA) is 112 Å². The number of hydrogen-bond donors (Lipinski definition) is 1. The Labute approximate surface area is 123 Å². The summed E-state index contributed by atoms with van der Waals surface area (Å²) in [6.45, 7) is 3.77. The Bertz CT molecular complexity index is 719. The van der Waals surface area contributed by atoms with Crippen molar-refractivity contribution in [3.8, 4) is 11.4 Å². The van der Waals surface area contributed by atoms with E-state index in [9.17, 15) is 8.42 Å². The van der Waals surface area contributed by atoms with Gasteiger partial charge in [-0.3, -0.25) is 4.98 Å². The molecule has 0 bridgehead atoms. The molecule has 114 valence electrons. The third kappa shape index (κ3) is 4.33. The molecule has 0 radical (unpaired) electrons. The molecule has 2 aromatic rings. The van der Waals surface area contributed by atoms with E-state index in [-0.39, 0.29) is 18.1 Å². The van der Waals surface area contributed by atoms with Crippen LogP contribution in [0.2, 0.25) is 0 Å². The van der Waals surface area contributed by atoms with Crippen LogP contribution in [0.5, 0.6) is 0 Å². The number of nitrogens with two attached hydrogens (primary N) is 1. The molecule has 2 N–H and O–H groups in total. The molecule has 1 atom stereocenters. The summed E-state index contributed by atoms with van der Waals surface area (Å²) in [5.74, 6) is 0.647. The van der Waals surface area contributed by atoms with E-state index in [1.807, 2.05) is 26.0 Å². The molecule has 0 aliphatic rings. The van der Waals surface area contributed by atoms with Gasteiger partial charge >= 0.3 is 0 Å². The van der Waals surface area contributed by atoms with Crippen LogP contribution in [0.3, 0.4) is 0 Å². The van der Waals surface area contributed by atoms with E-state index in [1.54, 1.807) is 0 Å². The van der Waals surface area contributed by atoms with E-state index < -0.39 is 15.9 Å². The minimum atomic E-state index is -3.06. The number of pyridine rings is 1. The van der Waals surface area contributed by atoms with Crippen LogP contribution >= 0.6 is 0 Å². The number of hydrogen-bond acceptors (Lipinski definition) is 7. The first-order valence-electron chi connectivity index (χ1n) is 6.47. The molecule has 2 aromatic heterocycles. The monoisotopic (exact) mass is 310 g/mol. The molecule has 21 heavy (non-hydrogen) atoms.